The van der Waals surface area contributed by atoms with Crippen molar-refractivity contribution in [3.05, 3.63) is 30.3 Å². The number of carbonyl (C=O) groups excluding carboxylic acids is 1. The standard InChI is InChI=1S/C13H18N2O2/c14-13(16)12-7-4-8-15(12)9-10-17-11-5-2-1-3-6-11/h1-3,5-6,12H,4,7-10H2,(H2,14,16). The Morgan fingerprint density at radius 2 is 2.18 bits per heavy atom. The number of nitrogens with two attached hydrogens (primary N) is 1. The average Bonchev–Trinajstić information content (AvgIpc) is 2.79. The Balaban J connectivity index is 1.77. The molecular weight excluding hydrogens is 216 g/mol. The van der Waals surface area contributed by atoms with Crippen molar-refractivity contribution in [1.82, 2.24) is 4.90 Å². The van der Waals surface area contributed by atoms with Gasteiger partial charge in [0.15, 0.2) is 0 Å². The van der Waals surface area contributed by atoms with Crippen LogP contribution in [-0.2, 0) is 4.79 Å². The number of likely N-dealkylation sites (tertiary alicyclic amines) is 1. The maximum Gasteiger partial charge on any atom is 0.234 e. The highest BCUT2D eigenvalue weighted by molar-refractivity contribution is 5.80. The van der Waals surface area contributed by atoms with E-state index in [1.54, 1.807) is 0 Å². The molecule has 1 heterocycles. The third-order valence-corrected chi connectivity index (χ3v) is 3.08. The van der Waals surface area contributed by atoms with Gasteiger partial charge in [-0.3, -0.25) is 9.69 Å². The topological polar surface area (TPSA) is 55.6 Å². The van der Waals surface area contributed by atoms with Crippen molar-refractivity contribution < 1.29 is 9.53 Å². The minimum atomic E-state index is -0.220. The third kappa shape index (κ3) is 3.20. The lowest BCUT2D eigenvalue weighted by molar-refractivity contribution is -0.122. The third-order valence-electron chi connectivity index (χ3n) is 3.08. The molecule has 4 heteroatoms. The van der Waals surface area contributed by atoms with Gasteiger partial charge in [0.25, 0.3) is 0 Å². The zero-order valence-electron chi connectivity index (χ0n) is 9.84. The van der Waals surface area contributed by atoms with Gasteiger partial charge in [0.05, 0.1) is 6.04 Å². The molecule has 1 aromatic carbocycles. The quantitative estimate of drug-likeness (QED) is 0.827. The van der Waals surface area contributed by atoms with E-state index in [0.717, 1.165) is 31.7 Å². The molecule has 1 unspecified atom stereocenters. The molecule has 0 aromatic heterocycles. The fraction of sp³-hybridized carbons (Fsp3) is 0.462. The molecule has 0 bridgehead atoms. The van der Waals surface area contributed by atoms with E-state index in [1.807, 2.05) is 30.3 Å². The zero-order valence-corrected chi connectivity index (χ0v) is 9.84. The van der Waals surface area contributed by atoms with Gasteiger partial charge in [-0.1, -0.05) is 18.2 Å². The molecule has 17 heavy (non-hydrogen) atoms. The number of hydrogen-bond acceptors (Lipinski definition) is 3. The molecule has 92 valence electrons. The van der Waals surface area contributed by atoms with Gasteiger partial charge in [-0.05, 0) is 31.5 Å². The van der Waals surface area contributed by atoms with Crippen LogP contribution >= 0.6 is 0 Å². The molecule has 1 atom stereocenters. The first-order chi connectivity index (χ1) is 8.27. The average molecular weight is 234 g/mol. The van der Waals surface area contributed by atoms with Crippen LogP contribution in [0.15, 0.2) is 30.3 Å². The number of rotatable bonds is 5. The summed E-state index contributed by atoms with van der Waals surface area (Å²) < 4.78 is 5.60. The minimum absolute atomic E-state index is 0.102. The molecule has 0 radical (unpaired) electrons. The largest absolute Gasteiger partial charge is 0.492 e. The lowest BCUT2D eigenvalue weighted by Crippen LogP contribution is -2.42. The molecule has 0 saturated carbocycles. The lowest BCUT2D eigenvalue weighted by atomic mass is 10.2. The fourth-order valence-corrected chi connectivity index (χ4v) is 2.21. The Labute approximate surface area is 101 Å². The SMILES string of the molecule is NC(=O)C1CCCN1CCOc1ccccc1. The first kappa shape index (κ1) is 11.9. The van der Waals surface area contributed by atoms with Crippen LogP contribution in [0.4, 0.5) is 0 Å². The number of hydrogen-bond donors (Lipinski definition) is 1. The van der Waals surface area contributed by atoms with Gasteiger partial charge in [-0.25, -0.2) is 0 Å². The number of carbonyl (C=O) groups is 1. The van der Waals surface area contributed by atoms with E-state index >= 15 is 0 Å². The van der Waals surface area contributed by atoms with Crippen molar-refractivity contribution in [2.24, 2.45) is 5.73 Å². The number of amides is 1. The van der Waals surface area contributed by atoms with Crippen LogP contribution < -0.4 is 10.5 Å². The number of benzene rings is 1. The van der Waals surface area contributed by atoms with Gasteiger partial charge in [0.2, 0.25) is 5.91 Å². The highest BCUT2D eigenvalue weighted by Gasteiger charge is 2.28. The fourth-order valence-electron chi connectivity index (χ4n) is 2.21. The van der Waals surface area contributed by atoms with Crippen molar-refractivity contribution in [3.8, 4) is 5.75 Å². The van der Waals surface area contributed by atoms with E-state index in [-0.39, 0.29) is 11.9 Å². The number of primary amides is 1. The number of ether oxygens (including phenoxy) is 1. The van der Waals surface area contributed by atoms with Gasteiger partial charge in [-0.2, -0.15) is 0 Å². The lowest BCUT2D eigenvalue weighted by Gasteiger charge is -2.21. The first-order valence-corrected chi connectivity index (χ1v) is 5.98. The molecule has 1 amide bonds. The summed E-state index contributed by atoms with van der Waals surface area (Å²) in [4.78, 5) is 13.3. The van der Waals surface area contributed by atoms with Gasteiger partial charge >= 0.3 is 0 Å². The smallest absolute Gasteiger partial charge is 0.234 e. The van der Waals surface area contributed by atoms with Crippen LogP contribution in [0.2, 0.25) is 0 Å². The number of nitrogens with zero attached hydrogens (tertiary/aromatic N) is 1. The Morgan fingerprint density at radius 3 is 2.88 bits per heavy atom. The molecule has 0 spiro atoms. The van der Waals surface area contributed by atoms with Crippen molar-refractivity contribution in [3.63, 3.8) is 0 Å². The summed E-state index contributed by atoms with van der Waals surface area (Å²) >= 11 is 0. The first-order valence-electron chi connectivity index (χ1n) is 5.98. The highest BCUT2D eigenvalue weighted by Crippen LogP contribution is 2.16. The summed E-state index contributed by atoms with van der Waals surface area (Å²) in [6.45, 7) is 2.28. The summed E-state index contributed by atoms with van der Waals surface area (Å²) in [7, 11) is 0. The van der Waals surface area contributed by atoms with E-state index in [1.165, 1.54) is 0 Å². The molecule has 1 aliphatic rings. The maximum atomic E-state index is 11.2. The van der Waals surface area contributed by atoms with E-state index in [0.29, 0.717) is 6.61 Å². The molecule has 2 rings (SSSR count). The molecule has 0 aliphatic carbocycles. The van der Waals surface area contributed by atoms with Crippen LogP contribution in [-0.4, -0.2) is 36.5 Å². The Bertz CT molecular complexity index is 367. The van der Waals surface area contributed by atoms with Crippen LogP contribution in [0.5, 0.6) is 5.75 Å². The molecule has 1 fully saturated rings. The molecule has 2 N–H and O–H groups in total. The summed E-state index contributed by atoms with van der Waals surface area (Å²) in [5, 5.41) is 0. The van der Waals surface area contributed by atoms with Crippen molar-refractivity contribution in [1.29, 1.82) is 0 Å². The van der Waals surface area contributed by atoms with E-state index < -0.39 is 0 Å². The van der Waals surface area contributed by atoms with Crippen LogP contribution in [0.1, 0.15) is 12.8 Å². The monoisotopic (exact) mass is 234 g/mol. The van der Waals surface area contributed by atoms with Gasteiger partial charge in [-0.15, -0.1) is 0 Å². The Kier molecular flexibility index (Phi) is 3.98. The normalized spacial score (nSPS) is 20.4. The van der Waals surface area contributed by atoms with Crippen molar-refractivity contribution >= 4 is 5.91 Å². The van der Waals surface area contributed by atoms with Gasteiger partial charge in [0, 0.05) is 6.54 Å². The zero-order chi connectivity index (χ0) is 12.1. The number of para-hydroxylation sites is 1. The minimum Gasteiger partial charge on any atom is -0.492 e. The molecule has 1 saturated heterocycles. The van der Waals surface area contributed by atoms with E-state index in [9.17, 15) is 4.79 Å². The maximum absolute atomic E-state index is 11.2. The second kappa shape index (κ2) is 5.68. The Hall–Kier alpha value is -1.55. The molecule has 4 nitrogen and oxygen atoms in total. The summed E-state index contributed by atoms with van der Waals surface area (Å²) in [5.41, 5.74) is 5.35. The predicted molar refractivity (Wildman–Crippen MR) is 65.7 cm³/mol. The highest BCUT2D eigenvalue weighted by atomic mass is 16.5. The summed E-state index contributed by atoms with van der Waals surface area (Å²) in [6, 6.07) is 9.59. The van der Waals surface area contributed by atoms with Crippen molar-refractivity contribution in [2.75, 3.05) is 19.7 Å². The molecular formula is C13H18N2O2. The van der Waals surface area contributed by atoms with Crippen LogP contribution in [0.3, 0.4) is 0 Å². The second-order valence-corrected chi connectivity index (χ2v) is 4.26. The Morgan fingerprint density at radius 1 is 1.41 bits per heavy atom. The predicted octanol–water partition coefficient (Wildman–Crippen LogP) is 1.02. The summed E-state index contributed by atoms with van der Waals surface area (Å²) in [6.07, 6.45) is 1.92. The van der Waals surface area contributed by atoms with Crippen LogP contribution in [0, 0.1) is 0 Å². The van der Waals surface area contributed by atoms with Crippen molar-refractivity contribution in [2.45, 2.75) is 18.9 Å². The summed E-state index contributed by atoms with van der Waals surface area (Å²) in [5.74, 6) is 0.643. The van der Waals surface area contributed by atoms with E-state index in [4.69, 9.17) is 10.5 Å². The van der Waals surface area contributed by atoms with Gasteiger partial charge < -0.3 is 10.5 Å². The molecule has 1 aromatic rings. The van der Waals surface area contributed by atoms with Gasteiger partial charge in [0.1, 0.15) is 12.4 Å². The second-order valence-electron chi connectivity index (χ2n) is 4.26. The molecule has 1 aliphatic heterocycles. The van der Waals surface area contributed by atoms with Crippen LogP contribution in [0.25, 0.3) is 0 Å². The van der Waals surface area contributed by atoms with E-state index in [2.05, 4.69) is 4.90 Å².